The van der Waals surface area contributed by atoms with E-state index in [4.69, 9.17) is 0 Å². The lowest BCUT2D eigenvalue weighted by molar-refractivity contribution is -0.122. The standard InChI is InChI=1S/C20H21N3O2S/c1-14-6-4-5-7-17(14)21-13-23-19(24)18(26-20(23)25)12-15-8-10-16(11-9-15)22(2)3/h4-12,21H,13H2,1-3H3. The predicted molar refractivity (Wildman–Crippen MR) is 108 cm³/mol. The van der Waals surface area contributed by atoms with Crippen molar-refractivity contribution in [3.8, 4) is 0 Å². The maximum Gasteiger partial charge on any atom is 0.295 e. The van der Waals surface area contributed by atoms with Gasteiger partial charge in [0.15, 0.2) is 0 Å². The summed E-state index contributed by atoms with van der Waals surface area (Å²) >= 11 is 0.975. The number of amides is 2. The molecule has 1 fully saturated rings. The zero-order valence-corrected chi connectivity index (χ0v) is 15.8. The Morgan fingerprint density at radius 2 is 1.77 bits per heavy atom. The minimum atomic E-state index is -0.266. The average molecular weight is 367 g/mol. The van der Waals surface area contributed by atoms with E-state index < -0.39 is 0 Å². The molecule has 2 aromatic rings. The lowest BCUT2D eigenvalue weighted by Gasteiger charge is -2.15. The van der Waals surface area contributed by atoms with Gasteiger partial charge in [-0.3, -0.25) is 14.5 Å². The fourth-order valence-electron chi connectivity index (χ4n) is 2.59. The second kappa shape index (κ2) is 7.66. The Balaban J connectivity index is 1.71. The maximum atomic E-state index is 12.6. The van der Waals surface area contributed by atoms with E-state index in [2.05, 4.69) is 5.32 Å². The lowest BCUT2D eigenvalue weighted by atomic mass is 10.2. The van der Waals surface area contributed by atoms with E-state index in [0.717, 1.165) is 34.3 Å². The minimum Gasteiger partial charge on any atom is -0.378 e. The molecule has 0 aliphatic carbocycles. The molecule has 0 bridgehead atoms. The van der Waals surface area contributed by atoms with Crippen LogP contribution in [0.5, 0.6) is 0 Å². The van der Waals surface area contributed by atoms with Gasteiger partial charge in [0, 0.05) is 25.5 Å². The molecule has 1 saturated heterocycles. The lowest BCUT2D eigenvalue weighted by Crippen LogP contribution is -2.33. The van der Waals surface area contributed by atoms with Crippen LogP contribution in [0.25, 0.3) is 6.08 Å². The van der Waals surface area contributed by atoms with Crippen molar-refractivity contribution in [3.63, 3.8) is 0 Å². The van der Waals surface area contributed by atoms with Gasteiger partial charge in [-0.05, 0) is 54.1 Å². The average Bonchev–Trinajstić information content (AvgIpc) is 2.88. The molecular weight excluding hydrogens is 346 g/mol. The Kier molecular flexibility index (Phi) is 5.32. The molecule has 2 amide bonds. The number of carbonyl (C=O) groups is 2. The molecule has 1 aliphatic rings. The molecule has 134 valence electrons. The molecule has 26 heavy (non-hydrogen) atoms. The smallest absolute Gasteiger partial charge is 0.295 e. The summed E-state index contributed by atoms with van der Waals surface area (Å²) in [5.41, 5.74) is 3.96. The Morgan fingerprint density at radius 1 is 1.08 bits per heavy atom. The van der Waals surface area contributed by atoms with Crippen LogP contribution in [-0.4, -0.2) is 36.8 Å². The zero-order chi connectivity index (χ0) is 18.7. The fraction of sp³-hybridized carbons (Fsp3) is 0.200. The third kappa shape index (κ3) is 3.91. The van der Waals surface area contributed by atoms with Crippen LogP contribution in [0, 0.1) is 6.92 Å². The number of nitrogens with zero attached hydrogens (tertiary/aromatic N) is 2. The number of carbonyl (C=O) groups excluding carboxylic acids is 2. The van der Waals surface area contributed by atoms with Gasteiger partial charge < -0.3 is 10.2 Å². The highest BCUT2D eigenvalue weighted by atomic mass is 32.2. The second-order valence-electron chi connectivity index (χ2n) is 6.25. The number of anilines is 2. The molecule has 2 aromatic carbocycles. The molecule has 0 atom stereocenters. The number of aryl methyl sites for hydroxylation is 1. The van der Waals surface area contributed by atoms with Crippen molar-refractivity contribution in [2.75, 3.05) is 31.0 Å². The van der Waals surface area contributed by atoms with Crippen LogP contribution in [0.2, 0.25) is 0 Å². The van der Waals surface area contributed by atoms with E-state index >= 15 is 0 Å². The molecule has 0 spiro atoms. The zero-order valence-electron chi connectivity index (χ0n) is 15.0. The molecule has 1 N–H and O–H groups in total. The number of hydrogen-bond donors (Lipinski definition) is 1. The topological polar surface area (TPSA) is 52.7 Å². The molecular formula is C20H21N3O2S. The molecule has 0 unspecified atom stereocenters. The first-order chi connectivity index (χ1) is 12.5. The highest BCUT2D eigenvalue weighted by Crippen LogP contribution is 2.32. The van der Waals surface area contributed by atoms with Crippen molar-refractivity contribution < 1.29 is 9.59 Å². The van der Waals surface area contributed by atoms with Gasteiger partial charge in [-0.15, -0.1) is 0 Å². The highest BCUT2D eigenvalue weighted by Gasteiger charge is 2.34. The van der Waals surface area contributed by atoms with E-state index in [-0.39, 0.29) is 17.8 Å². The van der Waals surface area contributed by atoms with Crippen LogP contribution in [0.15, 0.2) is 53.4 Å². The van der Waals surface area contributed by atoms with E-state index in [9.17, 15) is 9.59 Å². The number of hydrogen-bond acceptors (Lipinski definition) is 5. The van der Waals surface area contributed by atoms with Crippen LogP contribution >= 0.6 is 11.8 Å². The molecule has 1 aliphatic heterocycles. The first-order valence-electron chi connectivity index (χ1n) is 8.28. The SMILES string of the molecule is Cc1ccccc1NCN1C(=O)SC(=Cc2ccc(N(C)C)cc2)C1=O. The first kappa shape index (κ1) is 18.1. The number of para-hydroxylation sites is 1. The van der Waals surface area contributed by atoms with Crippen LogP contribution in [0.1, 0.15) is 11.1 Å². The first-order valence-corrected chi connectivity index (χ1v) is 9.09. The fourth-order valence-corrected chi connectivity index (χ4v) is 3.43. The Morgan fingerprint density at radius 3 is 2.42 bits per heavy atom. The molecule has 1 heterocycles. The largest absolute Gasteiger partial charge is 0.378 e. The van der Waals surface area contributed by atoms with Crippen molar-refractivity contribution in [2.24, 2.45) is 0 Å². The molecule has 6 heteroatoms. The maximum absolute atomic E-state index is 12.6. The quantitative estimate of drug-likeness (QED) is 0.804. The van der Waals surface area contributed by atoms with Gasteiger partial charge in [0.2, 0.25) is 0 Å². The normalized spacial score (nSPS) is 15.7. The summed E-state index contributed by atoms with van der Waals surface area (Å²) in [5.74, 6) is -0.266. The highest BCUT2D eigenvalue weighted by molar-refractivity contribution is 8.18. The number of rotatable bonds is 5. The van der Waals surface area contributed by atoms with Crippen LogP contribution in [0.4, 0.5) is 16.2 Å². The molecule has 5 nitrogen and oxygen atoms in total. The van der Waals surface area contributed by atoms with Gasteiger partial charge in [0.05, 0.1) is 11.6 Å². The molecule has 0 saturated carbocycles. The monoisotopic (exact) mass is 367 g/mol. The summed E-state index contributed by atoms with van der Waals surface area (Å²) in [4.78, 5) is 28.5. The van der Waals surface area contributed by atoms with Crippen molar-refractivity contribution in [2.45, 2.75) is 6.92 Å². The molecule has 0 aromatic heterocycles. The van der Waals surface area contributed by atoms with Gasteiger partial charge in [0.1, 0.15) is 0 Å². The van der Waals surface area contributed by atoms with Gasteiger partial charge in [-0.25, -0.2) is 0 Å². The minimum absolute atomic E-state index is 0.159. The van der Waals surface area contributed by atoms with E-state index in [1.807, 2.05) is 74.4 Å². The summed E-state index contributed by atoms with van der Waals surface area (Å²) in [6.45, 7) is 2.14. The summed E-state index contributed by atoms with van der Waals surface area (Å²) in [6, 6.07) is 15.6. The number of imide groups is 1. The van der Waals surface area contributed by atoms with E-state index in [1.165, 1.54) is 4.90 Å². The van der Waals surface area contributed by atoms with Gasteiger partial charge in [-0.1, -0.05) is 30.3 Å². The summed E-state index contributed by atoms with van der Waals surface area (Å²) in [5, 5.41) is 2.90. The van der Waals surface area contributed by atoms with Crippen molar-refractivity contribution in [3.05, 3.63) is 64.6 Å². The van der Waals surface area contributed by atoms with E-state index in [1.54, 1.807) is 6.08 Å². The predicted octanol–water partition coefficient (Wildman–Crippen LogP) is 4.17. The van der Waals surface area contributed by atoms with Gasteiger partial charge in [0.25, 0.3) is 11.1 Å². The summed E-state index contributed by atoms with van der Waals surface area (Å²) in [7, 11) is 3.95. The number of nitrogens with one attached hydrogen (secondary N) is 1. The van der Waals surface area contributed by atoms with Gasteiger partial charge >= 0.3 is 0 Å². The van der Waals surface area contributed by atoms with E-state index in [0.29, 0.717) is 4.91 Å². The Hall–Kier alpha value is -2.73. The van der Waals surface area contributed by atoms with Crippen molar-refractivity contribution >= 4 is 40.4 Å². The van der Waals surface area contributed by atoms with Crippen LogP contribution in [0.3, 0.4) is 0 Å². The number of benzene rings is 2. The molecule has 3 rings (SSSR count). The summed E-state index contributed by atoms with van der Waals surface area (Å²) in [6.07, 6.45) is 1.76. The Bertz CT molecular complexity index is 860. The van der Waals surface area contributed by atoms with Crippen molar-refractivity contribution in [1.82, 2.24) is 4.90 Å². The molecule has 0 radical (unpaired) electrons. The van der Waals surface area contributed by atoms with Crippen LogP contribution in [-0.2, 0) is 4.79 Å². The summed E-state index contributed by atoms with van der Waals surface area (Å²) < 4.78 is 0. The second-order valence-corrected chi connectivity index (χ2v) is 7.24. The third-order valence-electron chi connectivity index (χ3n) is 4.15. The van der Waals surface area contributed by atoms with Crippen LogP contribution < -0.4 is 10.2 Å². The van der Waals surface area contributed by atoms with Gasteiger partial charge in [-0.2, -0.15) is 0 Å². The van der Waals surface area contributed by atoms with Crippen molar-refractivity contribution in [1.29, 1.82) is 0 Å². The number of thioether (sulfide) groups is 1. The Labute approximate surface area is 157 Å². The third-order valence-corrected chi connectivity index (χ3v) is 5.06.